The highest BCUT2D eigenvalue weighted by Gasteiger charge is 2.25. The van der Waals surface area contributed by atoms with Crippen molar-refractivity contribution in [3.8, 4) is 11.5 Å². The quantitative estimate of drug-likeness (QED) is 0.591. The first-order valence-corrected chi connectivity index (χ1v) is 10.4. The van der Waals surface area contributed by atoms with Crippen molar-refractivity contribution in [1.82, 2.24) is 9.88 Å². The maximum atomic E-state index is 13.0. The molecule has 0 unspecified atom stereocenters. The van der Waals surface area contributed by atoms with E-state index in [0.29, 0.717) is 59.9 Å². The highest BCUT2D eigenvalue weighted by Crippen LogP contribution is 2.36. The van der Waals surface area contributed by atoms with Crippen molar-refractivity contribution in [2.75, 3.05) is 51.9 Å². The van der Waals surface area contributed by atoms with E-state index < -0.39 is 0 Å². The molecular weight excluding hydrogens is 454 g/mol. The number of methoxy groups -OCH3 is 2. The van der Waals surface area contributed by atoms with E-state index in [1.165, 1.54) is 6.20 Å². The van der Waals surface area contributed by atoms with Crippen LogP contribution in [0, 0.1) is 0 Å². The number of benzene rings is 1. The molecule has 2 aromatic rings. The van der Waals surface area contributed by atoms with Crippen molar-refractivity contribution in [2.45, 2.75) is 6.92 Å². The second-order valence-corrected chi connectivity index (χ2v) is 7.39. The number of halogens is 1. The SMILES string of the molecule is CCOC(=O)c1ccc(N2CCN(C(=O)c3cc(OC)c(Br)c(OC)c3)CC2)nc1. The Morgan fingerprint density at radius 2 is 1.67 bits per heavy atom. The standard InChI is InChI=1S/C21H24BrN3O5/c1-4-30-21(27)14-5-6-18(23-13-14)24-7-9-25(10-8-24)20(26)15-11-16(28-2)19(22)17(12-15)29-3/h5-6,11-13H,4,7-10H2,1-3H3. The molecule has 1 aromatic carbocycles. The van der Waals surface area contributed by atoms with Crippen LogP contribution in [-0.2, 0) is 4.74 Å². The third-order valence-corrected chi connectivity index (χ3v) is 5.62. The number of amides is 1. The van der Waals surface area contributed by atoms with Gasteiger partial charge in [-0.1, -0.05) is 0 Å². The van der Waals surface area contributed by atoms with Crippen LogP contribution in [0.2, 0.25) is 0 Å². The summed E-state index contributed by atoms with van der Waals surface area (Å²) in [7, 11) is 3.10. The number of ether oxygens (including phenoxy) is 3. The van der Waals surface area contributed by atoms with E-state index >= 15 is 0 Å². The van der Waals surface area contributed by atoms with Crippen molar-refractivity contribution in [3.63, 3.8) is 0 Å². The second kappa shape index (κ2) is 9.80. The van der Waals surface area contributed by atoms with E-state index in [-0.39, 0.29) is 11.9 Å². The van der Waals surface area contributed by atoms with Crippen LogP contribution in [0.3, 0.4) is 0 Å². The van der Waals surface area contributed by atoms with E-state index in [1.54, 1.807) is 50.3 Å². The van der Waals surface area contributed by atoms with Crippen molar-refractivity contribution >= 4 is 33.6 Å². The topological polar surface area (TPSA) is 81.2 Å². The third kappa shape index (κ3) is 4.67. The van der Waals surface area contributed by atoms with Crippen LogP contribution >= 0.6 is 15.9 Å². The van der Waals surface area contributed by atoms with Crippen LogP contribution in [0.4, 0.5) is 5.82 Å². The van der Waals surface area contributed by atoms with Gasteiger partial charge in [0, 0.05) is 37.9 Å². The van der Waals surface area contributed by atoms with Gasteiger partial charge in [-0.3, -0.25) is 4.79 Å². The van der Waals surface area contributed by atoms with Gasteiger partial charge >= 0.3 is 5.97 Å². The molecule has 0 N–H and O–H groups in total. The molecule has 0 atom stereocenters. The average molecular weight is 478 g/mol. The number of hydrogen-bond donors (Lipinski definition) is 0. The molecule has 0 spiro atoms. The van der Waals surface area contributed by atoms with E-state index in [9.17, 15) is 9.59 Å². The van der Waals surface area contributed by atoms with Crippen molar-refractivity contribution in [2.24, 2.45) is 0 Å². The van der Waals surface area contributed by atoms with Crippen molar-refractivity contribution in [3.05, 3.63) is 46.1 Å². The largest absolute Gasteiger partial charge is 0.495 e. The monoisotopic (exact) mass is 477 g/mol. The molecule has 1 aliphatic heterocycles. The molecule has 8 nitrogen and oxygen atoms in total. The number of esters is 1. The lowest BCUT2D eigenvalue weighted by molar-refractivity contribution is 0.0525. The van der Waals surface area contributed by atoms with Crippen LogP contribution in [0.15, 0.2) is 34.9 Å². The summed E-state index contributed by atoms with van der Waals surface area (Å²) in [6.45, 7) is 4.49. The first-order chi connectivity index (χ1) is 14.5. The molecule has 3 rings (SSSR count). The van der Waals surface area contributed by atoms with Gasteiger partial charge < -0.3 is 24.0 Å². The number of aromatic nitrogens is 1. The lowest BCUT2D eigenvalue weighted by Crippen LogP contribution is -2.49. The molecular formula is C21H24BrN3O5. The number of anilines is 1. The molecule has 1 fully saturated rings. The van der Waals surface area contributed by atoms with Gasteiger partial charge in [0.05, 0.1) is 26.4 Å². The van der Waals surface area contributed by atoms with E-state index in [4.69, 9.17) is 14.2 Å². The highest BCUT2D eigenvalue weighted by atomic mass is 79.9. The number of carbonyl (C=O) groups is 2. The zero-order chi connectivity index (χ0) is 21.7. The minimum absolute atomic E-state index is 0.0793. The molecule has 0 aliphatic carbocycles. The van der Waals surface area contributed by atoms with Gasteiger partial charge in [0.15, 0.2) is 0 Å². The van der Waals surface area contributed by atoms with E-state index in [0.717, 1.165) is 5.82 Å². The maximum Gasteiger partial charge on any atom is 0.339 e. The van der Waals surface area contributed by atoms with Crippen LogP contribution in [0.5, 0.6) is 11.5 Å². The lowest BCUT2D eigenvalue weighted by atomic mass is 10.1. The molecule has 1 aromatic heterocycles. The smallest absolute Gasteiger partial charge is 0.339 e. The summed E-state index contributed by atoms with van der Waals surface area (Å²) in [5.74, 6) is 1.39. The molecule has 1 saturated heterocycles. The summed E-state index contributed by atoms with van der Waals surface area (Å²) in [6.07, 6.45) is 1.52. The Morgan fingerprint density at radius 3 is 2.17 bits per heavy atom. The van der Waals surface area contributed by atoms with Crippen molar-refractivity contribution < 1.29 is 23.8 Å². The highest BCUT2D eigenvalue weighted by molar-refractivity contribution is 9.10. The number of pyridine rings is 1. The first-order valence-electron chi connectivity index (χ1n) is 9.57. The second-order valence-electron chi connectivity index (χ2n) is 6.60. The molecule has 9 heteroatoms. The molecule has 160 valence electrons. The summed E-state index contributed by atoms with van der Waals surface area (Å²) in [5.41, 5.74) is 0.935. The summed E-state index contributed by atoms with van der Waals surface area (Å²) < 4.78 is 16.3. The number of piperazine rings is 1. The summed E-state index contributed by atoms with van der Waals surface area (Å²) in [4.78, 5) is 33.0. The van der Waals surface area contributed by atoms with Gasteiger partial charge in [0.2, 0.25) is 0 Å². The van der Waals surface area contributed by atoms with Crippen molar-refractivity contribution in [1.29, 1.82) is 0 Å². The molecule has 1 amide bonds. The number of carbonyl (C=O) groups excluding carboxylic acids is 2. The predicted octanol–water partition coefficient (Wildman–Crippen LogP) is 3.00. The molecule has 0 saturated carbocycles. The number of nitrogens with zero attached hydrogens (tertiary/aromatic N) is 3. The summed E-state index contributed by atoms with van der Waals surface area (Å²) >= 11 is 3.42. The normalized spacial score (nSPS) is 13.7. The van der Waals surface area contributed by atoms with Gasteiger partial charge in [-0.25, -0.2) is 9.78 Å². The minimum atomic E-state index is -0.382. The molecule has 1 aliphatic rings. The van der Waals surface area contributed by atoms with Crippen LogP contribution in [0.1, 0.15) is 27.6 Å². The fraction of sp³-hybridized carbons (Fsp3) is 0.381. The molecule has 30 heavy (non-hydrogen) atoms. The molecule has 0 bridgehead atoms. The van der Waals surface area contributed by atoms with E-state index in [2.05, 4.69) is 25.8 Å². The fourth-order valence-corrected chi connectivity index (χ4v) is 3.77. The Labute approximate surface area is 183 Å². The van der Waals surface area contributed by atoms with Gasteiger partial charge in [-0.15, -0.1) is 0 Å². The summed E-state index contributed by atoms with van der Waals surface area (Å²) in [6, 6.07) is 6.92. The van der Waals surface area contributed by atoms with E-state index in [1.807, 2.05) is 0 Å². The Balaban J connectivity index is 1.65. The third-order valence-electron chi connectivity index (χ3n) is 4.84. The molecule has 0 radical (unpaired) electrons. The number of hydrogen-bond acceptors (Lipinski definition) is 7. The Hall–Kier alpha value is -2.81. The fourth-order valence-electron chi connectivity index (χ4n) is 3.22. The van der Waals surface area contributed by atoms with Crippen LogP contribution in [0.25, 0.3) is 0 Å². The molecule has 2 heterocycles. The minimum Gasteiger partial charge on any atom is -0.495 e. The number of rotatable bonds is 6. The predicted molar refractivity (Wildman–Crippen MR) is 116 cm³/mol. The first kappa shape index (κ1) is 21.9. The van der Waals surface area contributed by atoms with Crippen LogP contribution < -0.4 is 14.4 Å². The zero-order valence-electron chi connectivity index (χ0n) is 17.2. The van der Waals surface area contributed by atoms with Gasteiger partial charge in [0.25, 0.3) is 5.91 Å². The average Bonchev–Trinajstić information content (AvgIpc) is 2.79. The Kier molecular flexibility index (Phi) is 7.15. The Morgan fingerprint density at radius 1 is 1.03 bits per heavy atom. The summed E-state index contributed by atoms with van der Waals surface area (Å²) in [5, 5.41) is 0. The van der Waals surface area contributed by atoms with Gasteiger partial charge in [0.1, 0.15) is 21.8 Å². The Bertz CT molecular complexity index is 886. The zero-order valence-corrected chi connectivity index (χ0v) is 18.8. The van der Waals surface area contributed by atoms with Crippen LogP contribution in [-0.4, -0.2) is 68.8 Å². The maximum absolute atomic E-state index is 13.0. The lowest BCUT2D eigenvalue weighted by Gasteiger charge is -2.35. The van der Waals surface area contributed by atoms with Gasteiger partial charge in [-0.2, -0.15) is 0 Å². The van der Waals surface area contributed by atoms with Gasteiger partial charge in [-0.05, 0) is 47.1 Å².